The average Bonchev–Trinajstić information content (AvgIpc) is 2.89. The summed E-state index contributed by atoms with van der Waals surface area (Å²) in [6, 6.07) is 15.4. The average molecular weight is 416 g/mol. The van der Waals surface area contributed by atoms with Crippen LogP contribution in [0.1, 0.15) is 19.4 Å². The van der Waals surface area contributed by atoms with Crippen molar-refractivity contribution in [3.05, 3.63) is 54.1 Å². The minimum absolute atomic E-state index is 0.450. The third-order valence-corrected chi connectivity index (χ3v) is 8.29. The zero-order chi connectivity index (χ0) is 20.6. The number of benzene rings is 2. The van der Waals surface area contributed by atoms with Crippen LogP contribution in [-0.4, -0.2) is 64.0 Å². The fourth-order valence-corrected chi connectivity index (χ4v) is 6.59. The van der Waals surface area contributed by atoms with Crippen LogP contribution < -0.4 is 9.64 Å². The number of nitrogens with zero attached hydrogens (tertiary/aromatic N) is 3. The Morgan fingerprint density at radius 1 is 0.931 bits per heavy atom. The molecule has 6 nitrogen and oxygen atoms in total. The van der Waals surface area contributed by atoms with E-state index < -0.39 is 15.6 Å². The molecule has 2 aromatic carbocycles. The third-order valence-electron chi connectivity index (χ3n) is 6.16. The summed E-state index contributed by atoms with van der Waals surface area (Å²) < 4.78 is 33.3. The molecule has 4 rings (SSSR count). The molecule has 1 fully saturated rings. The van der Waals surface area contributed by atoms with Gasteiger partial charge in [0.05, 0.1) is 23.2 Å². The van der Waals surface area contributed by atoms with Gasteiger partial charge in [-0.1, -0.05) is 30.3 Å². The Labute approximate surface area is 173 Å². The highest BCUT2D eigenvalue weighted by Crippen LogP contribution is 2.43. The topological polar surface area (TPSA) is 53.1 Å². The van der Waals surface area contributed by atoms with Crippen LogP contribution in [0.3, 0.4) is 0 Å². The highest BCUT2D eigenvalue weighted by atomic mass is 32.2. The Bertz CT molecular complexity index is 982. The third kappa shape index (κ3) is 3.52. The smallest absolute Gasteiger partial charge is 0.244 e. The van der Waals surface area contributed by atoms with Gasteiger partial charge < -0.3 is 9.64 Å². The quantitative estimate of drug-likeness (QED) is 0.752. The van der Waals surface area contributed by atoms with Crippen LogP contribution in [0.25, 0.3) is 0 Å². The summed E-state index contributed by atoms with van der Waals surface area (Å²) in [5.41, 5.74) is 1.49. The molecule has 7 heteroatoms. The molecule has 0 aliphatic carbocycles. The zero-order valence-electron chi connectivity index (χ0n) is 17.3. The Morgan fingerprint density at radius 3 is 2.28 bits per heavy atom. The lowest BCUT2D eigenvalue weighted by atomic mass is 9.94. The van der Waals surface area contributed by atoms with Crippen molar-refractivity contribution in [3.63, 3.8) is 0 Å². The molecule has 0 N–H and O–H groups in total. The summed E-state index contributed by atoms with van der Waals surface area (Å²) in [6.45, 7) is 8.83. The van der Waals surface area contributed by atoms with Crippen LogP contribution >= 0.6 is 0 Å². The van der Waals surface area contributed by atoms with Crippen LogP contribution in [-0.2, 0) is 15.6 Å². The van der Waals surface area contributed by atoms with Crippen LogP contribution in [0, 0.1) is 0 Å². The maximum Gasteiger partial charge on any atom is 0.244 e. The number of rotatable bonds is 5. The maximum atomic E-state index is 13.1. The van der Waals surface area contributed by atoms with Crippen LogP contribution in [0.4, 0.5) is 5.69 Å². The molecule has 0 bridgehead atoms. The number of methoxy groups -OCH3 is 1. The number of fused-ring (bicyclic) bond motifs is 1. The predicted octanol–water partition coefficient (Wildman–Crippen LogP) is 2.76. The molecule has 2 aliphatic rings. The van der Waals surface area contributed by atoms with E-state index in [4.69, 9.17) is 4.74 Å². The second-order valence-electron chi connectivity index (χ2n) is 8.13. The molecule has 0 saturated carbocycles. The molecule has 1 saturated heterocycles. The van der Waals surface area contributed by atoms with E-state index in [0.29, 0.717) is 11.4 Å². The Kier molecular flexibility index (Phi) is 5.31. The van der Waals surface area contributed by atoms with E-state index in [1.165, 1.54) is 0 Å². The Morgan fingerprint density at radius 2 is 1.59 bits per heavy atom. The van der Waals surface area contributed by atoms with Crippen LogP contribution in [0.5, 0.6) is 5.75 Å². The molecule has 0 unspecified atom stereocenters. The molecule has 29 heavy (non-hydrogen) atoms. The molecule has 156 valence electrons. The first-order valence-corrected chi connectivity index (χ1v) is 11.5. The number of hydrogen-bond donors (Lipinski definition) is 0. The van der Waals surface area contributed by atoms with Gasteiger partial charge in [-0.25, -0.2) is 8.42 Å². The highest BCUT2D eigenvalue weighted by Gasteiger charge is 2.47. The maximum absolute atomic E-state index is 13.1. The summed E-state index contributed by atoms with van der Waals surface area (Å²) in [6.07, 6.45) is 0. The monoisotopic (exact) mass is 415 g/mol. The van der Waals surface area contributed by atoms with Gasteiger partial charge in [-0.05, 0) is 37.6 Å². The van der Waals surface area contributed by atoms with Crippen molar-refractivity contribution >= 4 is 15.7 Å². The highest BCUT2D eigenvalue weighted by molar-refractivity contribution is 7.89. The van der Waals surface area contributed by atoms with E-state index in [1.54, 1.807) is 23.5 Å². The van der Waals surface area contributed by atoms with Gasteiger partial charge in [0.2, 0.25) is 10.0 Å². The van der Waals surface area contributed by atoms with E-state index in [0.717, 1.165) is 49.7 Å². The lowest BCUT2D eigenvalue weighted by Crippen LogP contribution is -2.50. The Hall–Kier alpha value is -2.09. The van der Waals surface area contributed by atoms with Gasteiger partial charge in [-0.15, -0.1) is 0 Å². The number of para-hydroxylation sites is 2. The van der Waals surface area contributed by atoms with Crippen molar-refractivity contribution in [2.75, 3.05) is 51.3 Å². The molecule has 0 spiro atoms. The molecular weight excluding hydrogens is 386 g/mol. The van der Waals surface area contributed by atoms with E-state index in [9.17, 15) is 8.42 Å². The molecule has 0 aromatic heterocycles. The van der Waals surface area contributed by atoms with Gasteiger partial charge >= 0.3 is 0 Å². The van der Waals surface area contributed by atoms with Crippen LogP contribution in [0.2, 0.25) is 0 Å². The minimum Gasteiger partial charge on any atom is -0.495 e. The molecule has 2 aliphatic heterocycles. The summed E-state index contributed by atoms with van der Waals surface area (Å²) in [4.78, 5) is 5.13. The number of sulfonamides is 1. The van der Waals surface area contributed by atoms with Crippen molar-refractivity contribution in [1.82, 2.24) is 9.21 Å². The van der Waals surface area contributed by atoms with E-state index >= 15 is 0 Å². The van der Waals surface area contributed by atoms with Gasteiger partial charge in [0.15, 0.2) is 0 Å². The van der Waals surface area contributed by atoms with Gasteiger partial charge in [0, 0.05) is 39.3 Å². The first-order chi connectivity index (χ1) is 13.9. The largest absolute Gasteiger partial charge is 0.495 e. The molecule has 0 atom stereocenters. The molecule has 0 radical (unpaired) electrons. The number of ether oxygens (including phenoxy) is 1. The lowest BCUT2D eigenvalue weighted by Gasteiger charge is -2.38. The van der Waals surface area contributed by atoms with Crippen molar-refractivity contribution in [3.8, 4) is 5.75 Å². The normalized spacial score (nSPS) is 21.1. The fraction of sp³-hybridized carbons (Fsp3) is 0.455. The second-order valence-corrected chi connectivity index (χ2v) is 9.96. The molecule has 2 heterocycles. The van der Waals surface area contributed by atoms with E-state index in [-0.39, 0.29) is 0 Å². The summed E-state index contributed by atoms with van der Waals surface area (Å²) >= 11 is 0. The standard InChI is InChI=1S/C22H29N3O3S/c1-22(2)18-8-4-7-11-21(18)29(26,27)25(22)17-14-23-12-15-24(16-13-23)19-9-5-6-10-20(19)28-3/h4-11H,12-17H2,1-3H3. The van der Waals surface area contributed by atoms with Crippen molar-refractivity contribution in [1.29, 1.82) is 0 Å². The number of anilines is 1. The van der Waals surface area contributed by atoms with Crippen molar-refractivity contribution in [2.24, 2.45) is 0 Å². The SMILES string of the molecule is COc1ccccc1N1CCN(CCN2C(C)(C)c3ccccc3S2(=O)=O)CC1. The van der Waals surface area contributed by atoms with Gasteiger partial charge in [0.25, 0.3) is 0 Å². The van der Waals surface area contributed by atoms with Crippen molar-refractivity contribution in [2.45, 2.75) is 24.3 Å². The van der Waals surface area contributed by atoms with Crippen molar-refractivity contribution < 1.29 is 13.2 Å². The minimum atomic E-state index is -3.44. The molecule has 0 amide bonds. The first kappa shape index (κ1) is 20.2. The second kappa shape index (κ2) is 7.63. The van der Waals surface area contributed by atoms with Crippen LogP contribution in [0.15, 0.2) is 53.4 Å². The first-order valence-electron chi connectivity index (χ1n) is 10.1. The lowest BCUT2D eigenvalue weighted by molar-refractivity contribution is 0.189. The van der Waals surface area contributed by atoms with E-state index in [2.05, 4.69) is 15.9 Å². The van der Waals surface area contributed by atoms with Gasteiger partial charge in [0.1, 0.15) is 5.75 Å². The Balaban J connectivity index is 1.40. The zero-order valence-corrected chi connectivity index (χ0v) is 18.2. The molecule has 2 aromatic rings. The number of hydrogen-bond acceptors (Lipinski definition) is 5. The predicted molar refractivity (Wildman–Crippen MR) is 115 cm³/mol. The summed E-state index contributed by atoms with van der Waals surface area (Å²) in [5.74, 6) is 0.892. The fourth-order valence-electron chi connectivity index (χ4n) is 4.49. The van der Waals surface area contributed by atoms with E-state index in [1.807, 2.05) is 44.2 Å². The van der Waals surface area contributed by atoms with Gasteiger partial charge in [-0.3, -0.25) is 4.90 Å². The summed E-state index contributed by atoms with van der Waals surface area (Å²) in [5, 5.41) is 0. The molecular formula is C22H29N3O3S. The summed E-state index contributed by atoms with van der Waals surface area (Å²) in [7, 11) is -1.74. The number of piperazine rings is 1. The van der Waals surface area contributed by atoms with Gasteiger partial charge in [-0.2, -0.15) is 4.31 Å².